The van der Waals surface area contributed by atoms with Crippen molar-refractivity contribution in [2.45, 2.75) is 4.90 Å². The van der Waals surface area contributed by atoms with Crippen molar-refractivity contribution in [1.82, 2.24) is 4.98 Å². The number of nitrogens with zero attached hydrogens (tertiary/aromatic N) is 2. The van der Waals surface area contributed by atoms with Crippen molar-refractivity contribution in [2.75, 3.05) is 29.6 Å². The number of sulfone groups is 1. The number of halogens is 1. The van der Waals surface area contributed by atoms with E-state index < -0.39 is 9.84 Å². The Hall–Kier alpha value is -2.52. The molecule has 0 radical (unpaired) electrons. The van der Waals surface area contributed by atoms with Gasteiger partial charge in [-0.05, 0) is 42.5 Å². The van der Waals surface area contributed by atoms with Crippen molar-refractivity contribution in [3.05, 3.63) is 48.3 Å². The second-order valence-corrected chi connectivity index (χ2v) is 9.52. The maximum atomic E-state index is 13.3. The van der Waals surface area contributed by atoms with E-state index in [1.54, 1.807) is 18.2 Å². The number of carbonyl (C=O) groups is 1. The van der Waals surface area contributed by atoms with Gasteiger partial charge in [-0.2, -0.15) is 0 Å². The molecule has 0 spiro atoms. The minimum atomic E-state index is -3.26. The van der Waals surface area contributed by atoms with E-state index in [9.17, 15) is 17.6 Å². The topological polar surface area (TPSA) is 79.4 Å². The van der Waals surface area contributed by atoms with Gasteiger partial charge in [0, 0.05) is 25.0 Å². The lowest BCUT2D eigenvalue weighted by Gasteiger charge is -2.37. The normalized spacial score (nSPS) is 15.0. The molecule has 0 atom stereocenters. The van der Waals surface area contributed by atoms with E-state index >= 15 is 0 Å². The molecular weight excluding hydrogens is 389 g/mol. The smallest absolute Gasteiger partial charge is 0.231 e. The molecule has 2 heterocycles. The zero-order chi connectivity index (χ0) is 19.2. The molecule has 1 aliphatic rings. The number of thiazole rings is 1. The van der Waals surface area contributed by atoms with Crippen LogP contribution in [0.4, 0.5) is 15.2 Å². The number of benzene rings is 2. The third-order valence-corrected chi connectivity index (χ3v) is 6.62. The van der Waals surface area contributed by atoms with Crippen LogP contribution in [0.3, 0.4) is 0 Å². The Morgan fingerprint density at radius 1 is 1.22 bits per heavy atom. The highest BCUT2D eigenvalue weighted by Gasteiger charge is 2.34. The number of aromatic nitrogens is 1. The lowest BCUT2D eigenvalue weighted by atomic mass is 10.00. The molecule has 140 valence electrons. The van der Waals surface area contributed by atoms with Crippen molar-refractivity contribution >= 4 is 48.1 Å². The molecule has 1 aliphatic heterocycles. The minimum Gasteiger partial charge on any atom is -0.346 e. The van der Waals surface area contributed by atoms with E-state index in [0.29, 0.717) is 18.8 Å². The van der Waals surface area contributed by atoms with Gasteiger partial charge in [0.25, 0.3) is 0 Å². The predicted octanol–water partition coefficient (Wildman–Crippen LogP) is 2.91. The van der Waals surface area contributed by atoms with Crippen LogP contribution >= 0.6 is 11.3 Å². The third kappa shape index (κ3) is 3.65. The van der Waals surface area contributed by atoms with Gasteiger partial charge in [0.15, 0.2) is 15.0 Å². The first-order valence-electron chi connectivity index (χ1n) is 8.21. The summed E-state index contributed by atoms with van der Waals surface area (Å²) in [5, 5.41) is 3.58. The molecule has 1 fully saturated rings. The predicted molar refractivity (Wildman–Crippen MR) is 103 cm³/mol. The van der Waals surface area contributed by atoms with Gasteiger partial charge in [0.05, 0.1) is 21.0 Å². The number of nitrogens with one attached hydrogen (secondary N) is 1. The molecule has 0 bridgehead atoms. The second-order valence-electron chi connectivity index (χ2n) is 6.50. The van der Waals surface area contributed by atoms with E-state index in [0.717, 1.165) is 21.6 Å². The van der Waals surface area contributed by atoms with E-state index in [2.05, 4.69) is 10.3 Å². The summed E-state index contributed by atoms with van der Waals surface area (Å²) in [6, 6.07) is 10.6. The maximum Gasteiger partial charge on any atom is 0.231 e. The number of rotatable bonds is 4. The first-order chi connectivity index (χ1) is 12.8. The molecule has 0 unspecified atom stereocenters. The summed E-state index contributed by atoms with van der Waals surface area (Å²) < 4.78 is 37.0. The van der Waals surface area contributed by atoms with E-state index in [1.165, 1.54) is 35.6 Å². The van der Waals surface area contributed by atoms with Crippen LogP contribution in [0, 0.1) is 11.7 Å². The highest BCUT2D eigenvalue weighted by molar-refractivity contribution is 7.90. The number of amides is 1. The van der Waals surface area contributed by atoms with Crippen LogP contribution in [0.5, 0.6) is 0 Å². The van der Waals surface area contributed by atoms with Crippen LogP contribution in [-0.4, -0.2) is 38.7 Å². The van der Waals surface area contributed by atoms with Crippen molar-refractivity contribution in [3.63, 3.8) is 0 Å². The maximum absolute atomic E-state index is 13.3. The van der Waals surface area contributed by atoms with Gasteiger partial charge in [0.1, 0.15) is 5.82 Å². The number of anilines is 2. The Balaban J connectivity index is 1.38. The third-order valence-electron chi connectivity index (χ3n) is 4.41. The van der Waals surface area contributed by atoms with Gasteiger partial charge in [-0.3, -0.25) is 4.79 Å². The number of carbonyl (C=O) groups excluding carboxylic acids is 1. The molecule has 2 aromatic carbocycles. The zero-order valence-electron chi connectivity index (χ0n) is 14.3. The summed E-state index contributed by atoms with van der Waals surface area (Å²) in [5.74, 6) is -0.589. The summed E-state index contributed by atoms with van der Waals surface area (Å²) in [6.07, 6.45) is 1.14. The van der Waals surface area contributed by atoms with Crippen LogP contribution in [0.2, 0.25) is 0 Å². The van der Waals surface area contributed by atoms with E-state index in [-0.39, 0.29) is 22.5 Å². The molecule has 3 aromatic rings. The monoisotopic (exact) mass is 405 g/mol. The van der Waals surface area contributed by atoms with Crippen LogP contribution in [0.25, 0.3) is 10.2 Å². The van der Waals surface area contributed by atoms with Gasteiger partial charge in [-0.15, -0.1) is 0 Å². The molecular formula is C18H16FN3O3S2. The molecule has 6 nitrogen and oxygen atoms in total. The molecule has 1 N–H and O–H groups in total. The first-order valence-corrected chi connectivity index (χ1v) is 10.9. The molecule has 0 aliphatic carbocycles. The summed E-state index contributed by atoms with van der Waals surface area (Å²) >= 11 is 1.40. The standard InChI is InChI=1S/C18H16FN3O3S2/c1-27(24,25)14-5-3-13(4-6-14)20-17(23)11-9-22(10-11)18-21-15-7-2-12(19)8-16(15)26-18/h2-8,11H,9-10H2,1H3,(H,20,23). The number of hydrogen-bond donors (Lipinski definition) is 1. The average molecular weight is 405 g/mol. The summed E-state index contributed by atoms with van der Waals surface area (Å²) in [7, 11) is -3.26. The molecule has 1 saturated heterocycles. The quantitative estimate of drug-likeness (QED) is 0.722. The fourth-order valence-corrected chi connectivity index (χ4v) is 4.49. The highest BCUT2D eigenvalue weighted by Crippen LogP contribution is 2.33. The summed E-state index contributed by atoms with van der Waals surface area (Å²) in [5.41, 5.74) is 1.30. The number of fused-ring (bicyclic) bond motifs is 1. The Kier molecular flexibility index (Phi) is 4.35. The summed E-state index contributed by atoms with van der Waals surface area (Å²) in [6.45, 7) is 1.07. The second kappa shape index (κ2) is 6.58. The van der Waals surface area contributed by atoms with Gasteiger partial charge in [-0.25, -0.2) is 17.8 Å². The Morgan fingerprint density at radius 2 is 1.93 bits per heavy atom. The van der Waals surface area contributed by atoms with Crippen LogP contribution in [0.1, 0.15) is 0 Å². The fraction of sp³-hybridized carbons (Fsp3) is 0.222. The van der Waals surface area contributed by atoms with Gasteiger partial charge >= 0.3 is 0 Å². The molecule has 27 heavy (non-hydrogen) atoms. The largest absolute Gasteiger partial charge is 0.346 e. The van der Waals surface area contributed by atoms with Gasteiger partial charge in [-0.1, -0.05) is 11.3 Å². The Morgan fingerprint density at radius 3 is 2.59 bits per heavy atom. The molecule has 4 rings (SSSR count). The molecule has 9 heteroatoms. The first kappa shape index (κ1) is 17.9. The SMILES string of the molecule is CS(=O)(=O)c1ccc(NC(=O)C2CN(c3nc4ccc(F)cc4s3)C2)cc1. The van der Waals surface area contributed by atoms with Crippen molar-refractivity contribution in [1.29, 1.82) is 0 Å². The van der Waals surface area contributed by atoms with Crippen molar-refractivity contribution in [2.24, 2.45) is 5.92 Å². The van der Waals surface area contributed by atoms with Crippen LogP contribution in [-0.2, 0) is 14.6 Å². The fourth-order valence-electron chi connectivity index (χ4n) is 2.85. The minimum absolute atomic E-state index is 0.120. The highest BCUT2D eigenvalue weighted by atomic mass is 32.2. The van der Waals surface area contributed by atoms with Crippen LogP contribution in [0.15, 0.2) is 47.4 Å². The zero-order valence-corrected chi connectivity index (χ0v) is 16.0. The van der Waals surface area contributed by atoms with Crippen molar-refractivity contribution in [3.8, 4) is 0 Å². The lowest BCUT2D eigenvalue weighted by molar-refractivity contribution is -0.120. The number of hydrogen-bond acceptors (Lipinski definition) is 6. The summed E-state index contributed by atoms with van der Waals surface area (Å²) in [4.78, 5) is 19.0. The molecule has 1 amide bonds. The van der Waals surface area contributed by atoms with E-state index in [4.69, 9.17) is 0 Å². The molecule has 0 saturated carbocycles. The molecule has 1 aromatic heterocycles. The van der Waals surface area contributed by atoms with Gasteiger partial charge < -0.3 is 10.2 Å². The lowest BCUT2D eigenvalue weighted by Crippen LogP contribution is -2.52. The Bertz CT molecular complexity index is 1120. The van der Waals surface area contributed by atoms with Crippen molar-refractivity contribution < 1.29 is 17.6 Å². The van der Waals surface area contributed by atoms with Gasteiger partial charge in [0.2, 0.25) is 5.91 Å². The van der Waals surface area contributed by atoms with E-state index in [1.807, 2.05) is 4.90 Å². The average Bonchev–Trinajstić information content (AvgIpc) is 2.95. The van der Waals surface area contributed by atoms with Crippen LogP contribution < -0.4 is 10.2 Å². The Labute approximate surface area is 159 Å².